The van der Waals surface area contributed by atoms with Crippen LogP contribution in [-0.2, 0) is 4.74 Å². The number of benzene rings is 1. The molecule has 1 atom stereocenters. The minimum atomic E-state index is -0.717. The Morgan fingerprint density at radius 3 is 2.69 bits per heavy atom. The van der Waals surface area contributed by atoms with Crippen LogP contribution in [0.25, 0.3) is 0 Å². The minimum Gasteiger partial charge on any atom is -0.389 e. The average Bonchev–Trinajstić information content (AvgIpc) is 2.88. The van der Waals surface area contributed by atoms with Gasteiger partial charge < -0.3 is 25.0 Å². The van der Waals surface area contributed by atoms with E-state index in [9.17, 15) is 14.7 Å². The summed E-state index contributed by atoms with van der Waals surface area (Å²) < 4.78 is 5.23. The molecule has 3 amide bonds. The molecule has 2 heterocycles. The van der Waals surface area contributed by atoms with Gasteiger partial charge in [0.2, 0.25) is 0 Å². The number of halogens is 1. The van der Waals surface area contributed by atoms with E-state index >= 15 is 0 Å². The number of hydrogen-bond acceptors (Lipinski definition) is 4. The molecule has 8 heteroatoms. The second-order valence-electron chi connectivity index (χ2n) is 6.65. The molecule has 7 nitrogen and oxygen atoms in total. The summed E-state index contributed by atoms with van der Waals surface area (Å²) in [6.45, 7) is 2.67. The molecular weight excluding hydrogens is 358 g/mol. The molecule has 1 aromatic carbocycles. The van der Waals surface area contributed by atoms with Crippen LogP contribution in [0.2, 0.25) is 5.02 Å². The lowest BCUT2D eigenvalue weighted by atomic mass is 10.1. The number of aliphatic hydroxyl groups is 1. The van der Waals surface area contributed by atoms with Crippen molar-refractivity contribution in [3.63, 3.8) is 0 Å². The molecule has 2 aliphatic rings. The molecule has 0 aromatic heterocycles. The van der Waals surface area contributed by atoms with Crippen molar-refractivity contribution in [2.24, 2.45) is 0 Å². The van der Waals surface area contributed by atoms with Crippen LogP contribution in [0.3, 0.4) is 0 Å². The average molecular weight is 382 g/mol. The lowest BCUT2D eigenvalue weighted by Crippen LogP contribution is -2.40. The number of β-amino-alcohol motifs (C(OH)–C–C–N with tert-alkyl or cyclic N) is 1. The van der Waals surface area contributed by atoms with Gasteiger partial charge in [0, 0.05) is 25.2 Å². The van der Waals surface area contributed by atoms with Gasteiger partial charge in [0.15, 0.2) is 0 Å². The summed E-state index contributed by atoms with van der Waals surface area (Å²) >= 11 is 6.20. The van der Waals surface area contributed by atoms with Gasteiger partial charge in [-0.05, 0) is 37.5 Å². The quantitative estimate of drug-likeness (QED) is 0.822. The number of aliphatic hydroxyl groups excluding tert-OH is 1. The zero-order valence-electron chi connectivity index (χ0n) is 14.6. The van der Waals surface area contributed by atoms with E-state index in [-0.39, 0.29) is 25.1 Å². The number of nitrogens with one attached hydrogen (secondary N) is 1. The Kier molecular flexibility index (Phi) is 6.34. The van der Waals surface area contributed by atoms with Crippen LogP contribution in [0.15, 0.2) is 18.2 Å². The fraction of sp³-hybridized carbons (Fsp3) is 0.556. The summed E-state index contributed by atoms with van der Waals surface area (Å²) in [6.07, 6.45) is 2.47. The maximum Gasteiger partial charge on any atom is 0.322 e. The predicted molar refractivity (Wildman–Crippen MR) is 98.6 cm³/mol. The Morgan fingerprint density at radius 1 is 1.15 bits per heavy atom. The van der Waals surface area contributed by atoms with Crippen molar-refractivity contribution in [2.75, 3.05) is 44.7 Å². The molecular formula is C18H24ClN3O4. The summed E-state index contributed by atoms with van der Waals surface area (Å²) in [5.41, 5.74) is 0.894. The van der Waals surface area contributed by atoms with Crippen molar-refractivity contribution in [3.8, 4) is 0 Å². The number of nitrogens with zero attached hydrogens (tertiary/aromatic N) is 2. The van der Waals surface area contributed by atoms with Crippen molar-refractivity contribution in [1.29, 1.82) is 0 Å². The van der Waals surface area contributed by atoms with Gasteiger partial charge in [-0.3, -0.25) is 4.79 Å². The van der Waals surface area contributed by atoms with E-state index in [4.69, 9.17) is 16.3 Å². The molecule has 142 valence electrons. The fourth-order valence-electron chi connectivity index (χ4n) is 3.20. The van der Waals surface area contributed by atoms with Gasteiger partial charge in [0.05, 0.1) is 36.6 Å². The highest BCUT2D eigenvalue weighted by molar-refractivity contribution is 6.33. The molecule has 0 unspecified atom stereocenters. The third-order valence-electron chi connectivity index (χ3n) is 4.63. The van der Waals surface area contributed by atoms with Crippen molar-refractivity contribution in [3.05, 3.63) is 28.8 Å². The zero-order valence-corrected chi connectivity index (χ0v) is 15.4. The molecule has 2 fully saturated rings. The van der Waals surface area contributed by atoms with Crippen LogP contribution >= 0.6 is 11.6 Å². The maximum atomic E-state index is 12.6. The Morgan fingerprint density at radius 2 is 1.92 bits per heavy atom. The zero-order chi connectivity index (χ0) is 18.5. The lowest BCUT2D eigenvalue weighted by molar-refractivity contribution is 0.0575. The van der Waals surface area contributed by atoms with Crippen LogP contribution in [0, 0.1) is 0 Å². The van der Waals surface area contributed by atoms with Gasteiger partial charge in [0.25, 0.3) is 5.91 Å². The smallest absolute Gasteiger partial charge is 0.322 e. The number of urea groups is 1. The van der Waals surface area contributed by atoms with Crippen LogP contribution in [0.1, 0.15) is 29.6 Å². The molecule has 26 heavy (non-hydrogen) atoms. The van der Waals surface area contributed by atoms with Gasteiger partial charge >= 0.3 is 6.03 Å². The Balaban J connectivity index is 1.70. The molecule has 0 radical (unpaired) electrons. The lowest BCUT2D eigenvalue weighted by Gasteiger charge is -2.27. The van der Waals surface area contributed by atoms with Crippen molar-refractivity contribution in [2.45, 2.75) is 25.4 Å². The number of amides is 3. The number of piperidine rings is 1. The van der Waals surface area contributed by atoms with E-state index in [1.807, 2.05) is 4.90 Å². The van der Waals surface area contributed by atoms with Gasteiger partial charge in [-0.1, -0.05) is 11.6 Å². The Hall–Kier alpha value is -1.83. The molecule has 2 N–H and O–H groups in total. The molecule has 1 aromatic rings. The first kappa shape index (κ1) is 18.9. The molecule has 0 aliphatic carbocycles. The van der Waals surface area contributed by atoms with Gasteiger partial charge in [0.1, 0.15) is 0 Å². The second kappa shape index (κ2) is 8.70. The van der Waals surface area contributed by atoms with E-state index in [0.717, 1.165) is 32.4 Å². The van der Waals surface area contributed by atoms with Crippen LogP contribution in [0.4, 0.5) is 10.5 Å². The highest BCUT2D eigenvalue weighted by Crippen LogP contribution is 2.25. The summed E-state index contributed by atoms with van der Waals surface area (Å²) in [6, 6.07) is 4.54. The van der Waals surface area contributed by atoms with Crippen LogP contribution in [-0.4, -0.2) is 72.3 Å². The van der Waals surface area contributed by atoms with E-state index < -0.39 is 6.10 Å². The molecule has 0 saturated carbocycles. The third kappa shape index (κ3) is 4.66. The summed E-state index contributed by atoms with van der Waals surface area (Å²) in [4.78, 5) is 28.5. The normalized spacial score (nSPS) is 21.2. The third-order valence-corrected chi connectivity index (χ3v) is 4.96. The summed E-state index contributed by atoms with van der Waals surface area (Å²) in [7, 11) is 0. The SMILES string of the molecule is O=C(Nc1cc(C(=O)N2CCCCC2)ccc1Cl)N1CCOC[C@@H](O)C1. The number of carbonyl (C=O) groups excluding carboxylic acids is 2. The molecule has 2 saturated heterocycles. The molecule has 3 rings (SSSR count). The molecule has 2 aliphatic heterocycles. The standard InChI is InChI=1S/C18H24ClN3O4/c19-15-5-4-13(17(24)21-6-2-1-3-7-21)10-16(15)20-18(25)22-8-9-26-12-14(23)11-22/h4-5,10,14,23H,1-3,6-9,11-12H2,(H,20,25)/t14-/m0/s1. The van der Waals surface area contributed by atoms with Crippen LogP contribution < -0.4 is 5.32 Å². The first-order valence-electron chi connectivity index (χ1n) is 8.95. The van der Waals surface area contributed by atoms with Crippen molar-refractivity contribution in [1.82, 2.24) is 9.80 Å². The van der Waals surface area contributed by atoms with Crippen LogP contribution in [0.5, 0.6) is 0 Å². The number of likely N-dealkylation sites (tertiary alicyclic amines) is 1. The Bertz CT molecular complexity index is 664. The first-order valence-corrected chi connectivity index (χ1v) is 9.33. The van der Waals surface area contributed by atoms with E-state index in [1.54, 1.807) is 18.2 Å². The first-order chi connectivity index (χ1) is 12.5. The highest BCUT2D eigenvalue weighted by Gasteiger charge is 2.23. The predicted octanol–water partition coefficient (Wildman–Crippen LogP) is 2.19. The van der Waals surface area contributed by atoms with Gasteiger partial charge in [-0.15, -0.1) is 0 Å². The second-order valence-corrected chi connectivity index (χ2v) is 7.06. The topological polar surface area (TPSA) is 82.1 Å². The van der Waals surface area contributed by atoms with E-state index in [2.05, 4.69) is 5.32 Å². The minimum absolute atomic E-state index is 0.0459. The number of anilines is 1. The largest absolute Gasteiger partial charge is 0.389 e. The highest BCUT2D eigenvalue weighted by atomic mass is 35.5. The van der Waals surface area contributed by atoms with Crippen molar-refractivity contribution >= 4 is 29.2 Å². The van der Waals surface area contributed by atoms with Gasteiger partial charge in [-0.2, -0.15) is 0 Å². The number of ether oxygens (including phenoxy) is 1. The summed E-state index contributed by atoms with van der Waals surface area (Å²) in [5, 5.41) is 12.9. The monoisotopic (exact) mass is 381 g/mol. The Labute approximate surface area is 157 Å². The summed E-state index contributed by atoms with van der Waals surface area (Å²) in [5.74, 6) is -0.0459. The number of rotatable bonds is 2. The van der Waals surface area contributed by atoms with E-state index in [0.29, 0.717) is 29.4 Å². The number of carbonyl (C=O) groups is 2. The van der Waals surface area contributed by atoms with Gasteiger partial charge in [-0.25, -0.2) is 4.79 Å². The maximum absolute atomic E-state index is 12.6. The van der Waals surface area contributed by atoms with Crippen molar-refractivity contribution < 1.29 is 19.4 Å². The van der Waals surface area contributed by atoms with E-state index in [1.165, 1.54) is 4.90 Å². The molecule has 0 bridgehead atoms. The fourth-order valence-corrected chi connectivity index (χ4v) is 3.37. The molecule has 0 spiro atoms. The number of hydrogen-bond donors (Lipinski definition) is 2.